The first-order valence-corrected chi connectivity index (χ1v) is 9.61. The van der Waals surface area contributed by atoms with Crippen LogP contribution in [0.4, 0.5) is 0 Å². The van der Waals surface area contributed by atoms with Gasteiger partial charge in [-0.15, -0.1) is 0 Å². The van der Waals surface area contributed by atoms with E-state index in [1.54, 1.807) is 0 Å². The number of rotatable bonds is 0. The molecule has 3 N–H and O–H groups in total. The van der Waals surface area contributed by atoms with Crippen LogP contribution in [0.5, 0.6) is 0 Å². The molecule has 5 nitrogen and oxygen atoms in total. The van der Waals surface area contributed by atoms with Gasteiger partial charge in [-0.2, -0.15) is 0 Å². The Morgan fingerprint density at radius 1 is 1.16 bits per heavy atom. The van der Waals surface area contributed by atoms with Crippen molar-refractivity contribution >= 4 is 5.78 Å². The van der Waals surface area contributed by atoms with Crippen LogP contribution in [0.3, 0.4) is 0 Å². The fraction of sp³-hybridized carbons (Fsp3) is 0.850. The Balaban J connectivity index is 1.79. The Kier molecular flexibility index (Phi) is 2.88. The zero-order valence-corrected chi connectivity index (χ0v) is 15.0. The Morgan fingerprint density at radius 2 is 1.88 bits per heavy atom. The Morgan fingerprint density at radius 3 is 2.60 bits per heavy atom. The summed E-state index contributed by atoms with van der Waals surface area (Å²) in [4.78, 5) is 13.3. The van der Waals surface area contributed by atoms with Gasteiger partial charge in [0.2, 0.25) is 5.79 Å². The van der Waals surface area contributed by atoms with E-state index in [1.165, 1.54) is 0 Å². The maximum Gasteiger partial charge on any atom is 0.208 e. The normalized spacial score (nSPS) is 58.8. The van der Waals surface area contributed by atoms with Crippen molar-refractivity contribution in [1.82, 2.24) is 0 Å². The number of carbonyl (C=O) groups excluding carboxylic acids is 1. The average Bonchev–Trinajstić information content (AvgIpc) is 2.66. The monoisotopic (exact) mass is 348 g/mol. The Labute approximate surface area is 148 Å². The number of ether oxygens (including phenoxy) is 1. The lowest BCUT2D eigenvalue weighted by atomic mass is 9.36. The van der Waals surface area contributed by atoms with Crippen molar-refractivity contribution in [3.8, 4) is 0 Å². The SMILES string of the molecule is C=C1C(=O)[C@]23[C@@H](O)[C@H]1CC[C@H]2[C@]12CCCC(C)(C)[C@H]1[C@H](O)[C@]3(O)OC2. The molecule has 2 saturated heterocycles. The fourth-order valence-electron chi connectivity index (χ4n) is 7.99. The average molecular weight is 348 g/mol. The second-order valence-corrected chi connectivity index (χ2v) is 9.89. The molecular weight excluding hydrogens is 320 g/mol. The first-order chi connectivity index (χ1) is 11.6. The van der Waals surface area contributed by atoms with Gasteiger partial charge in [-0.05, 0) is 42.6 Å². The number of hydrogen-bond acceptors (Lipinski definition) is 5. The minimum Gasteiger partial charge on any atom is -0.391 e. The smallest absolute Gasteiger partial charge is 0.208 e. The largest absolute Gasteiger partial charge is 0.391 e. The molecule has 8 atom stereocenters. The lowest BCUT2D eigenvalue weighted by Crippen LogP contribution is -2.83. The molecule has 6 rings (SSSR count). The predicted octanol–water partition coefficient (Wildman–Crippen LogP) is 1.40. The van der Waals surface area contributed by atoms with E-state index in [-0.39, 0.29) is 34.4 Å². The second kappa shape index (κ2) is 4.38. The van der Waals surface area contributed by atoms with E-state index in [1.807, 2.05) is 0 Å². The number of aliphatic hydroxyl groups is 3. The molecule has 4 saturated carbocycles. The molecule has 6 fully saturated rings. The topological polar surface area (TPSA) is 87.0 Å². The van der Waals surface area contributed by atoms with E-state index >= 15 is 0 Å². The lowest BCUT2D eigenvalue weighted by molar-refractivity contribution is -0.448. The summed E-state index contributed by atoms with van der Waals surface area (Å²) in [5.41, 5.74) is -1.56. The summed E-state index contributed by atoms with van der Waals surface area (Å²) in [6.45, 7) is 8.58. The van der Waals surface area contributed by atoms with E-state index in [9.17, 15) is 20.1 Å². The van der Waals surface area contributed by atoms with Gasteiger partial charge in [-0.25, -0.2) is 0 Å². The van der Waals surface area contributed by atoms with Gasteiger partial charge in [0.15, 0.2) is 5.78 Å². The number of hydrogen-bond donors (Lipinski definition) is 3. The fourth-order valence-corrected chi connectivity index (χ4v) is 7.99. The van der Waals surface area contributed by atoms with Crippen LogP contribution in [0.15, 0.2) is 12.2 Å². The van der Waals surface area contributed by atoms with Crippen LogP contribution in [0.1, 0.15) is 46.0 Å². The third kappa shape index (κ3) is 1.41. The Bertz CT molecular complexity index is 686. The molecule has 2 aliphatic heterocycles. The van der Waals surface area contributed by atoms with Crippen molar-refractivity contribution in [2.45, 2.75) is 63.9 Å². The van der Waals surface area contributed by atoms with Crippen LogP contribution in [0, 0.1) is 34.0 Å². The van der Waals surface area contributed by atoms with Crippen molar-refractivity contribution < 1.29 is 24.9 Å². The summed E-state index contributed by atoms with van der Waals surface area (Å²) in [6.07, 6.45) is 2.18. The van der Waals surface area contributed by atoms with Gasteiger partial charge >= 0.3 is 0 Å². The van der Waals surface area contributed by atoms with Crippen molar-refractivity contribution in [2.75, 3.05) is 6.61 Å². The molecule has 0 aromatic rings. The van der Waals surface area contributed by atoms with E-state index in [4.69, 9.17) is 4.74 Å². The zero-order valence-electron chi connectivity index (χ0n) is 15.0. The van der Waals surface area contributed by atoms with E-state index in [0.717, 1.165) is 32.1 Å². The quantitative estimate of drug-likeness (QED) is 0.576. The molecular formula is C20H28O5. The van der Waals surface area contributed by atoms with Gasteiger partial charge in [0, 0.05) is 17.3 Å². The van der Waals surface area contributed by atoms with Crippen LogP contribution in [0.2, 0.25) is 0 Å². The highest BCUT2D eigenvalue weighted by molar-refractivity contribution is 6.05. The molecule has 0 amide bonds. The maximum atomic E-state index is 13.3. The van der Waals surface area contributed by atoms with E-state index < -0.39 is 23.4 Å². The standard InChI is InChI=1S/C20H28O5/c1-10-11-5-6-12-18-8-4-7-17(2,3)13(18)16(23)20(24,25-9-18)19(12,14(10)21)15(11)22/h11-13,15-16,22-24H,1,4-9H2,2-3H3/t11-,12-,13+,15-,16-,18+,19-,20-/m0/s1. The molecule has 138 valence electrons. The zero-order chi connectivity index (χ0) is 18.0. The molecule has 2 spiro atoms. The maximum absolute atomic E-state index is 13.3. The molecule has 4 aliphatic carbocycles. The van der Waals surface area contributed by atoms with Crippen LogP contribution < -0.4 is 0 Å². The van der Waals surface area contributed by atoms with Crippen LogP contribution >= 0.6 is 0 Å². The van der Waals surface area contributed by atoms with Gasteiger partial charge in [0.25, 0.3) is 0 Å². The number of Topliss-reactive ketones (excluding diaryl/α,β-unsaturated/α-hetero) is 1. The molecule has 0 unspecified atom stereocenters. The summed E-state index contributed by atoms with van der Waals surface area (Å²) in [5.74, 6) is -2.92. The summed E-state index contributed by atoms with van der Waals surface area (Å²) < 4.78 is 5.89. The number of aliphatic hydroxyl groups excluding tert-OH is 2. The summed E-state index contributed by atoms with van der Waals surface area (Å²) in [7, 11) is 0. The van der Waals surface area contributed by atoms with Crippen molar-refractivity contribution in [1.29, 1.82) is 0 Å². The van der Waals surface area contributed by atoms with Crippen LogP contribution in [0.25, 0.3) is 0 Å². The van der Waals surface area contributed by atoms with Gasteiger partial charge in [-0.1, -0.05) is 26.8 Å². The molecule has 0 radical (unpaired) electrons. The minimum absolute atomic E-state index is 0.131. The minimum atomic E-state index is -2.02. The summed E-state index contributed by atoms with van der Waals surface area (Å²) in [6, 6.07) is 0. The number of carbonyl (C=O) groups is 1. The highest BCUT2D eigenvalue weighted by atomic mass is 16.6. The van der Waals surface area contributed by atoms with E-state index in [2.05, 4.69) is 20.4 Å². The molecule has 6 aliphatic rings. The van der Waals surface area contributed by atoms with Crippen molar-refractivity contribution in [3.63, 3.8) is 0 Å². The molecule has 5 heteroatoms. The highest BCUT2D eigenvalue weighted by Gasteiger charge is 2.85. The van der Waals surface area contributed by atoms with Crippen LogP contribution in [-0.2, 0) is 9.53 Å². The number of fused-ring (bicyclic) bond motifs is 2. The molecule has 4 bridgehead atoms. The third-order valence-electron chi connectivity index (χ3n) is 8.77. The summed E-state index contributed by atoms with van der Waals surface area (Å²) >= 11 is 0. The molecule has 0 aromatic heterocycles. The van der Waals surface area contributed by atoms with Gasteiger partial charge < -0.3 is 20.1 Å². The summed E-state index contributed by atoms with van der Waals surface area (Å²) in [5, 5.41) is 34.0. The molecule has 25 heavy (non-hydrogen) atoms. The third-order valence-corrected chi connectivity index (χ3v) is 8.77. The van der Waals surface area contributed by atoms with Gasteiger partial charge in [0.1, 0.15) is 11.5 Å². The number of ketones is 1. The highest BCUT2D eigenvalue weighted by Crippen LogP contribution is 2.76. The Hall–Kier alpha value is -0.750. The second-order valence-electron chi connectivity index (χ2n) is 9.89. The first-order valence-electron chi connectivity index (χ1n) is 9.61. The predicted molar refractivity (Wildman–Crippen MR) is 89.3 cm³/mol. The molecule has 0 aromatic carbocycles. The van der Waals surface area contributed by atoms with Crippen LogP contribution in [-0.4, -0.2) is 45.7 Å². The van der Waals surface area contributed by atoms with Gasteiger partial charge in [-0.3, -0.25) is 4.79 Å². The van der Waals surface area contributed by atoms with Crippen molar-refractivity contribution in [3.05, 3.63) is 12.2 Å². The van der Waals surface area contributed by atoms with E-state index in [0.29, 0.717) is 12.2 Å². The van der Waals surface area contributed by atoms with Crippen molar-refractivity contribution in [2.24, 2.45) is 34.0 Å². The first kappa shape index (κ1) is 16.4. The van der Waals surface area contributed by atoms with Gasteiger partial charge in [0.05, 0.1) is 12.7 Å². The lowest BCUT2D eigenvalue weighted by Gasteiger charge is -2.73. The molecule has 2 heterocycles.